The number of H-pyrrole nitrogens is 1. The van der Waals surface area contributed by atoms with Crippen molar-refractivity contribution in [2.24, 2.45) is 0 Å². The molecule has 33 heavy (non-hydrogen) atoms. The van der Waals surface area contributed by atoms with E-state index in [1.807, 2.05) is 54.6 Å². The molecule has 3 aromatic carbocycles. The Morgan fingerprint density at radius 1 is 0.970 bits per heavy atom. The molecule has 0 aliphatic rings. The van der Waals surface area contributed by atoms with Gasteiger partial charge in [0.2, 0.25) is 5.88 Å². The summed E-state index contributed by atoms with van der Waals surface area (Å²) in [5.41, 5.74) is 4.28. The lowest BCUT2D eigenvalue weighted by Crippen LogP contribution is -2.03. The van der Waals surface area contributed by atoms with Crippen LogP contribution in [0.4, 0.5) is 4.39 Å². The van der Waals surface area contributed by atoms with Crippen LogP contribution in [0.1, 0.15) is 5.56 Å². The monoisotopic (exact) mass is 443 g/mol. The van der Waals surface area contributed by atoms with Gasteiger partial charge in [0.25, 0.3) is 0 Å². The molecule has 0 aliphatic carbocycles. The number of aromatic nitrogens is 3. The Kier molecular flexibility index (Phi) is 5.22. The highest BCUT2D eigenvalue weighted by Crippen LogP contribution is 2.44. The maximum absolute atomic E-state index is 13.9. The third-order valence-corrected chi connectivity index (χ3v) is 5.71. The van der Waals surface area contributed by atoms with Crippen molar-refractivity contribution in [1.29, 1.82) is 0 Å². The number of benzene rings is 3. The molecule has 0 fully saturated rings. The second-order valence-electron chi connectivity index (χ2n) is 7.64. The minimum absolute atomic E-state index is 0.0161. The normalized spacial score (nSPS) is 11.1. The molecule has 0 radical (unpaired) electrons. The molecule has 0 spiro atoms. The molecule has 0 aliphatic heterocycles. The summed E-state index contributed by atoms with van der Waals surface area (Å²) in [6, 6.07) is 21.5. The fourth-order valence-corrected chi connectivity index (χ4v) is 4.16. The number of hydrogen-bond acceptors (Lipinski definition) is 4. The smallest absolute Gasteiger partial charge is 0.218 e. The van der Waals surface area contributed by atoms with Gasteiger partial charge in [-0.1, -0.05) is 24.3 Å². The topological polar surface area (TPSA) is 72.3 Å². The van der Waals surface area contributed by atoms with Gasteiger partial charge in [0.1, 0.15) is 28.5 Å². The minimum Gasteiger partial charge on any atom is -0.497 e. The van der Waals surface area contributed by atoms with Crippen molar-refractivity contribution < 1.29 is 19.0 Å². The van der Waals surface area contributed by atoms with Gasteiger partial charge in [-0.15, -0.1) is 0 Å². The van der Waals surface area contributed by atoms with Crippen LogP contribution in [-0.2, 0) is 6.54 Å². The predicted molar refractivity (Wildman–Crippen MR) is 125 cm³/mol. The van der Waals surface area contributed by atoms with E-state index in [1.54, 1.807) is 24.9 Å². The largest absolute Gasteiger partial charge is 0.497 e. The number of aromatic amines is 1. The Morgan fingerprint density at radius 3 is 2.48 bits per heavy atom. The zero-order valence-corrected chi connectivity index (χ0v) is 18.2. The number of methoxy groups -OCH3 is 2. The first-order chi connectivity index (χ1) is 16.1. The molecule has 5 aromatic rings. The van der Waals surface area contributed by atoms with Gasteiger partial charge < -0.3 is 19.1 Å². The molecule has 7 heteroatoms. The molecule has 0 unspecified atom stereocenters. The fraction of sp³-hybridized carbons (Fsp3) is 0.115. The summed E-state index contributed by atoms with van der Waals surface area (Å²) in [5.74, 6) is 1.08. The van der Waals surface area contributed by atoms with Crippen LogP contribution in [-0.4, -0.2) is 34.1 Å². The zero-order chi connectivity index (χ0) is 22.9. The van der Waals surface area contributed by atoms with E-state index in [2.05, 4.69) is 10.2 Å². The molecule has 166 valence electrons. The average molecular weight is 443 g/mol. The van der Waals surface area contributed by atoms with E-state index in [4.69, 9.17) is 9.47 Å². The number of aromatic hydroxyl groups is 1. The van der Waals surface area contributed by atoms with Crippen molar-refractivity contribution in [1.82, 2.24) is 14.8 Å². The van der Waals surface area contributed by atoms with Gasteiger partial charge in [-0.25, -0.2) is 4.39 Å². The summed E-state index contributed by atoms with van der Waals surface area (Å²) in [5, 5.41) is 19.4. The molecule has 2 aromatic heterocycles. The van der Waals surface area contributed by atoms with E-state index in [0.717, 1.165) is 33.5 Å². The molecule has 0 saturated carbocycles. The molecule has 0 amide bonds. The highest BCUT2D eigenvalue weighted by atomic mass is 19.1. The van der Waals surface area contributed by atoms with E-state index < -0.39 is 0 Å². The van der Waals surface area contributed by atoms with E-state index >= 15 is 0 Å². The summed E-state index contributed by atoms with van der Waals surface area (Å²) < 4.78 is 26.5. The van der Waals surface area contributed by atoms with Crippen LogP contribution in [0.25, 0.3) is 33.4 Å². The van der Waals surface area contributed by atoms with Crippen LogP contribution >= 0.6 is 0 Å². The lowest BCUT2D eigenvalue weighted by Gasteiger charge is -2.14. The van der Waals surface area contributed by atoms with E-state index in [1.165, 1.54) is 12.1 Å². The Labute approximate surface area is 189 Å². The molecule has 0 bridgehead atoms. The van der Waals surface area contributed by atoms with Gasteiger partial charge in [-0.2, -0.15) is 5.10 Å². The van der Waals surface area contributed by atoms with Gasteiger partial charge in [0.15, 0.2) is 0 Å². The van der Waals surface area contributed by atoms with E-state index in [-0.39, 0.29) is 18.2 Å². The number of para-hydroxylation sites is 1. The molecule has 6 nitrogen and oxygen atoms in total. The SMILES string of the molecule is COc1ccc(-c2n[nH]c3c(O)n(Cc4cccc(F)c4)c(-c4ccccc4OC)c23)cc1. The minimum atomic E-state index is -0.330. The first-order valence-electron chi connectivity index (χ1n) is 10.4. The first kappa shape index (κ1) is 20.6. The molecule has 5 rings (SSSR count). The van der Waals surface area contributed by atoms with Crippen molar-refractivity contribution in [3.05, 3.63) is 84.2 Å². The van der Waals surface area contributed by atoms with Crippen LogP contribution in [0.15, 0.2) is 72.8 Å². The Bertz CT molecular complexity index is 1440. The van der Waals surface area contributed by atoms with Crippen LogP contribution in [0.2, 0.25) is 0 Å². The van der Waals surface area contributed by atoms with E-state index in [0.29, 0.717) is 17.0 Å². The van der Waals surface area contributed by atoms with Gasteiger partial charge in [-0.05, 0) is 54.1 Å². The quantitative estimate of drug-likeness (QED) is 0.358. The van der Waals surface area contributed by atoms with Gasteiger partial charge >= 0.3 is 0 Å². The summed E-state index contributed by atoms with van der Waals surface area (Å²) in [6.07, 6.45) is 0. The summed E-state index contributed by atoms with van der Waals surface area (Å²) >= 11 is 0. The van der Waals surface area contributed by atoms with Crippen LogP contribution in [0.3, 0.4) is 0 Å². The van der Waals surface area contributed by atoms with Gasteiger partial charge in [0.05, 0.1) is 31.8 Å². The average Bonchev–Trinajstić information content (AvgIpc) is 3.38. The van der Waals surface area contributed by atoms with Crippen molar-refractivity contribution in [2.45, 2.75) is 6.54 Å². The molecule has 2 N–H and O–H groups in total. The number of fused-ring (bicyclic) bond motifs is 1. The third-order valence-electron chi connectivity index (χ3n) is 5.71. The lowest BCUT2D eigenvalue weighted by molar-refractivity contribution is 0.414. The second-order valence-corrected chi connectivity index (χ2v) is 7.64. The maximum atomic E-state index is 13.9. The van der Waals surface area contributed by atoms with Crippen molar-refractivity contribution in [2.75, 3.05) is 14.2 Å². The van der Waals surface area contributed by atoms with Gasteiger partial charge in [0, 0.05) is 11.1 Å². The summed E-state index contributed by atoms with van der Waals surface area (Å²) in [6.45, 7) is 0.265. The third kappa shape index (κ3) is 3.57. The molecular formula is C26H22FN3O3. The van der Waals surface area contributed by atoms with Crippen LogP contribution in [0.5, 0.6) is 17.4 Å². The van der Waals surface area contributed by atoms with Crippen molar-refractivity contribution >= 4 is 10.9 Å². The Hall–Kier alpha value is -4.26. The first-order valence-corrected chi connectivity index (χ1v) is 10.4. The van der Waals surface area contributed by atoms with Crippen molar-refractivity contribution in [3.63, 3.8) is 0 Å². The molecule has 0 atom stereocenters. The maximum Gasteiger partial charge on any atom is 0.218 e. The van der Waals surface area contributed by atoms with Crippen LogP contribution < -0.4 is 9.47 Å². The number of halogens is 1. The number of nitrogens with zero attached hydrogens (tertiary/aromatic N) is 2. The predicted octanol–water partition coefficient (Wildman–Crippen LogP) is 5.61. The number of hydrogen-bond donors (Lipinski definition) is 2. The standard InChI is InChI=1S/C26H22FN3O3/c1-32-19-12-10-17(11-13-19)23-22-24(29-28-23)26(31)30(15-16-6-5-7-18(27)14-16)25(22)20-8-3-4-9-21(20)33-2/h3-14,29,31H,15H2,1-2H3. The second kappa shape index (κ2) is 8.35. The van der Waals surface area contributed by atoms with Gasteiger partial charge in [-0.3, -0.25) is 5.10 Å². The Morgan fingerprint density at radius 2 is 1.76 bits per heavy atom. The van der Waals surface area contributed by atoms with Crippen molar-refractivity contribution in [3.8, 4) is 39.9 Å². The zero-order valence-electron chi connectivity index (χ0n) is 18.2. The number of rotatable bonds is 6. The Balaban J connectivity index is 1.79. The highest BCUT2D eigenvalue weighted by Gasteiger charge is 2.26. The van der Waals surface area contributed by atoms with Crippen LogP contribution in [0, 0.1) is 5.82 Å². The number of nitrogens with one attached hydrogen (secondary N) is 1. The highest BCUT2D eigenvalue weighted by molar-refractivity contribution is 6.07. The summed E-state index contributed by atoms with van der Waals surface area (Å²) in [7, 11) is 3.22. The fourth-order valence-electron chi connectivity index (χ4n) is 4.16. The lowest BCUT2D eigenvalue weighted by atomic mass is 10.0. The molecule has 2 heterocycles. The molecule has 0 saturated heterocycles. The van der Waals surface area contributed by atoms with E-state index in [9.17, 15) is 9.50 Å². The molecular weight excluding hydrogens is 421 g/mol. The summed E-state index contributed by atoms with van der Waals surface area (Å²) in [4.78, 5) is 0. The number of ether oxygens (including phenoxy) is 2.